The maximum absolute atomic E-state index is 13.0. The molecule has 0 bridgehead atoms. The van der Waals surface area contributed by atoms with Gasteiger partial charge in [0.25, 0.3) is 5.56 Å². The van der Waals surface area contributed by atoms with E-state index < -0.39 is 11.5 Å². The van der Waals surface area contributed by atoms with Gasteiger partial charge in [-0.1, -0.05) is 60.7 Å². The molecule has 0 fully saturated rings. The Balaban J connectivity index is 2.12. The quantitative estimate of drug-likeness (QED) is 0.457. The standard InChI is InChI=1S/C23H25N3O3/c1-25(2)15-10-16-29-23(28)20-19(17-11-6-4-7-12-17)21(24-26(3)22(20)27)18-13-8-5-9-14-18/h4-9,11-14H,10,15-16H2,1-3H3. The van der Waals surface area contributed by atoms with Gasteiger partial charge in [0.05, 0.1) is 12.3 Å². The lowest BCUT2D eigenvalue weighted by Crippen LogP contribution is -2.29. The highest BCUT2D eigenvalue weighted by atomic mass is 16.5. The Kier molecular flexibility index (Phi) is 6.57. The van der Waals surface area contributed by atoms with Crippen LogP contribution in [0.1, 0.15) is 16.8 Å². The molecule has 3 aromatic rings. The molecule has 2 aromatic carbocycles. The van der Waals surface area contributed by atoms with Crippen LogP contribution in [0.4, 0.5) is 0 Å². The van der Waals surface area contributed by atoms with Crippen molar-refractivity contribution in [2.45, 2.75) is 6.42 Å². The molecule has 0 spiro atoms. The van der Waals surface area contributed by atoms with Crippen molar-refractivity contribution in [2.75, 3.05) is 27.2 Å². The summed E-state index contributed by atoms with van der Waals surface area (Å²) >= 11 is 0. The predicted molar refractivity (Wildman–Crippen MR) is 114 cm³/mol. The second kappa shape index (κ2) is 9.30. The Labute approximate surface area is 170 Å². The molecule has 0 aliphatic rings. The van der Waals surface area contributed by atoms with Gasteiger partial charge in [0.2, 0.25) is 0 Å². The molecule has 0 saturated carbocycles. The summed E-state index contributed by atoms with van der Waals surface area (Å²) in [5.41, 5.74) is 2.18. The molecule has 0 amide bonds. The molecule has 6 heteroatoms. The smallest absolute Gasteiger partial charge is 0.344 e. The lowest BCUT2D eigenvalue weighted by molar-refractivity contribution is 0.0491. The molecule has 150 valence electrons. The first-order valence-electron chi connectivity index (χ1n) is 9.53. The Morgan fingerprint density at radius 2 is 1.59 bits per heavy atom. The van der Waals surface area contributed by atoms with Gasteiger partial charge in [-0.2, -0.15) is 5.10 Å². The monoisotopic (exact) mass is 391 g/mol. The minimum Gasteiger partial charge on any atom is -0.462 e. The second-order valence-corrected chi connectivity index (χ2v) is 7.05. The van der Waals surface area contributed by atoms with Gasteiger partial charge in [0.15, 0.2) is 0 Å². The zero-order chi connectivity index (χ0) is 20.8. The number of nitrogens with zero attached hydrogens (tertiary/aromatic N) is 3. The highest BCUT2D eigenvalue weighted by Gasteiger charge is 2.25. The van der Waals surface area contributed by atoms with Gasteiger partial charge in [-0.3, -0.25) is 4.79 Å². The fraction of sp³-hybridized carbons (Fsp3) is 0.261. The molecule has 0 atom stereocenters. The van der Waals surface area contributed by atoms with Crippen molar-refractivity contribution in [1.29, 1.82) is 0 Å². The van der Waals surface area contributed by atoms with Crippen molar-refractivity contribution in [1.82, 2.24) is 14.7 Å². The van der Waals surface area contributed by atoms with Gasteiger partial charge in [-0.25, -0.2) is 9.48 Å². The van der Waals surface area contributed by atoms with Crippen LogP contribution in [0.15, 0.2) is 65.5 Å². The van der Waals surface area contributed by atoms with Crippen molar-refractivity contribution < 1.29 is 9.53 Å². The first kappa shape index (κ1) is 20.5. The summed E-state index contributed by atoms with van der Waals surface area (Å²) in [5.74, 6) is -0.622. The summed E-state index contributed by atoms with van der Waals surface area (Å²) in [6, 6.07) is 18.9. The van der Waals surface area contributed by atoms with Crippen LogP contribution in [0.2, 0.25) is 0 Å². The lowest BCUT2D eigenvalue weighted by Gasteiger charge is -2.16. The number of benzene rings is 2. The fourth-order valence-electron chi connectivity index (χ4n) is 3.12. The average molecular weight is 391 g/mol. The summed E-state index contributed by atoms with van der Waals surface area (Å²) in [6.07, 6.45) is 0.691. The molecule has 6 nitrogen and oxygen atoms in total. The zero-order valence-electron chi connectivity index (χ0n) is 17.0. The van der Waals surface area contributed by atoms with E-state index in [-0.39, 0.29) is 12.2 Å². The number of carbonyl (C=O) groups excluding carboxylic acids is 1. The first-order chi connectivity index (χ1) is 14.0. The van der Waals surface area contributed by atoms with Crippen molar-refractivity contribution in [3.05, 3.63) is 76.6 Å². The number of esters is 1. The van der Waals surface area contributed by atoms with Crippen molar-refractivity contribution in [3.8, 4) is 22.4 Å². The van der Waals surface area contributed by atoms with E-state index in [1.165, 1.54) is 4.68 Å². The van der Waals surface area contributed by atoms with Gasteiger partial charge < -0.3 is 9.64 Å². The third-order valence-corrected chi connectivity index (χ3v) is 4.54. The molecule has 0 radical (unpaired) electrons. The summed E-state index contributed by atoms with van der Waals surface area (Å²) in [6.45, 7) is 1.04. The number of aromatic nitrogens is 2. The Morgan fingerprint density at radius 1 is 1.00 bits per heavy atom. The number of rotatable bonds is 7. The normalized spacial score (nSPS) is 10.9. The first-order valence-corrected chi connectivity index (χ1v) is 9.53. The molecule has 3 rings (SSSR count). The SMILES string of the molecule is CN(C)CCCOC(=O)c1c(-c2ccccc2)c(-c2ccccc2)nn(C)c1=O. The van der Waals surface area contributed by atoms with Gasteiger partial charge in [-0.05, 0) is 26.1 Å². The molecule has 0 saturated heterocycles. The minimum atomic E-state index is -0.622. The Morgan fingerprint density at radius 3 is 2.17 bits per heavy atom. The summed E-state index contributed by atoms with van der Waals surface area (Å²) in [5, 5.41) is 4.47. The average Bonchev–Trinajstić information content (AvgIpc) is 2.73. The van der Waals surface area contributed by atoms with Crippen LogP contribution in [0, 0.1) is 0 Å². The third kappa shape index (κ3) is 4.78. The maximum Gasteiger partial charge on any atom is 0.344 e. The number of hydrogen-bond donors (Lipinski definition) is 0. The van der Waals surface area contributed by atoms with E-state index in [2.05, 4.69) is 5.10 Å². The Hall–Kier alpha value is -3.25. The largest absolute Gasteiger partial charge is 0.462 e. The predicted octanol–water partition coefficient (Wildman–Crippen LogP) is 3.22. The second-order valence-electron chi connectivity index (χ2n) is 7.05. The van der Waals surface area contributed by atoms with E-state index in [0.717, 1.165) is 17.7 Å². The molecule has 0 unspecified atom stereocenters. The molecule has 1 aromatic heterocycles. The van der Waals surface area contributed by atoms with E-state index in [1.807, 2.05) is 79.7 Å². The van der Waals surface area contributed by atoms with E-state index in [9.17, 15) is 9.59 Å². The van der Waals surface area contributed by atoms with E-state index in [1.54, 1.807) is 7.05 Å². The van der Waals surface area contributed by atoms with Crippen LogP contribution in [0.25, 0.3) is 22.4 Å². The zero-order valence-corrected chi connectivity index (χ0v) is 17.0. The van der Waals surface area contributed by atoms with Crippen LogP contribution < -0.4 is 5.56 Å². The van der Waals surface area contributed by atoms with Gasteiger partial charge in [-0.15, -0.1) is 0 Å². The molecular formula is C23H25N3O3. The van der Waals surface area contributed by atoms with Crippen molar-refractivity contribution in [2.24, 2.45) is 7.05 Å². The number of aryl methyl sites for hydroxylation is 1. The van der Waals surface area contributed by atoms with Crippen LogP contribution in [-0.2, 0) is 11.8 Å². The highest BCUT2D eigenvalue weighted by Crippen LogP contribution is 2.32. The Bertz CT molecular complexity index is 1030. The van der Waals surface area contributed by atoms with Gasteiger partial charge in [0, 0.05) is 24.7 Å². The number of carbonyl (C=O) groups is 1. The summed E-state index contributed by atoms with van der Waals surface area (Å²) < 4.78 is 6.66. The van der Waals surface area contributed by atoms with E-state index in [4.69, 9.17) is 4.74 Å². The topological polar surface area (TPSA) is 64.4 Å². The summed E-state index contributed by atoms with van der Waals surface area (Å²) in [4.78, 5) is 27.9. The van der Waals surface area contributed by atoms with Crippen molar-refractivity contribution >= 4 is 5.97 Å². The molecule has 0 aliphatic carbocycles. The van der Waals surface area contributed by atoms with Crippen molar-refractivity contribution in [3.63, 3.8) is 0 Å². The van der Waals surface area contributed by atoms with Gasteiger partial charge in [0.1, 0.15) is 5.56 Å². The maximum atomic E-state index is 13.0. The van der Waals surface area contributed by atoms with Crippen LogP contribution in [-0.4, -0.2) is 47.9 Å². The van der Waals surface area contributed by atoms with E-state index >= 15 is 0 Å². The van der Waals surface area contributed by atoms with Crippen LogP contribution in [0.5, 0.6) is 0 Å². The highest BCUT2D eigenvalue weighted by molar-refractivity contribution is 6.00. The van der Waals surface area contributed by atoms with Gasteiger partial charge >= 0.3 is 5.97 Å². The van der Waals surface area contributed by atoms with Crippen LogP contribution in [0.3, 0.4) is 0 Å². The summed E-state index contributed by atoms with van der Waals surface area (Å²) in [7, 11) is 5.46. The van der Waals surface area contributed by atoms with E-state index in [0.29, 0.717) is 17.7 Å². The molecule has 0 N–H and O–H groups in total. The molecule has 1 heterocycles. The molecule has 29 heavy (non-hydrogen) atoms. The lowest BCUT2D eigenvalue weighted by atomic mass is 9.95. The fourth-order valence-corrected chi connectivity index (χ4v) is 3.12. The number of hydrogen-bond acceptors (Lipinski definition) is 5. The number of ether oxygens (including phenoxy) is 1. The molecular weight excluding hydrogens is 366 g/mol. The van der Waals surface area contributed by atoms with Crippen LogP contribution >= 0.6 is 0 Å². The molecule has 0 aliphatic heterocycles. The minimum absolute atomic E-state index is 0.0115. The third-order valence-electron chi connectivity index (χ3n) is 4.54.